The highest BCUT2D eigenvalue weighted by molar-refractivity contribution is 9.10. The van der Waals surface area contributed by atoms with Crippen LogP contribution in [-0.2, 0) is 0 Å². The van der Waals surface area contributed by atoms with Crippen LogP contribution in [0.3, 0.4) is 0 Å². The summed E-state index contributed by atoms with van der Waals surface area (Å²) in [6.07, 6.45) is 0. The second-order valence-electron chi connectivity index (χ2n) is 3.87. The van der Waals surface area contributed by atoms with E-state index in [9.17, 15) is 4.39 Å². The maximum Gasteiger partial charge on any atom is 0.147 e. The van der Waals surface area contributed by atoms with Gasteiger partial charge in [0.05, 0.1) is 5.52 Å². The number of aromatic amines is 1. The molecule has 1 heterocycles. The zero-order chi connectivity index (χ0) is 11.8. The third kappa shape index (κ3) is 1.76. The van der Waals surface area contributed by atoms with Crippen molar-refractivity contribution >= 4 is 26.8 Å². The van der Waals surface area contributed by atoms with E-state index in [4.69, 9.17) is 0 Å². The Bertz CT molecular complexity index is 688. The number of hydrogen-bond donors (Lipinski definition) is 1. The number of fused-ring (bicyclic) bond motifs is 1. The first-order valence-corrected chi connectivity index (χ1v) is 6.07. The van der Waals surface area contributed by atoms with Gasteiger partial charge in [0.1, 0.15) is 5.82 Å². The molecule has 17 heavy (non-hydrogen) atoms. The molecule has 3 aromatic rings. The van der Waals surface area contributed by atoms with Gasteiger partial charge in [-0.3, -0.25) is 0 Å². The minimum absolute atomic E-state index is 0.221. The summed E-state index contributed by atoms with van der Waals surface area (Å²) in [7, 11) is 0. The van der Waals surface area contributed by atoms with Crippen LogP contribution in [0.25, 0.3) is 22.2 Å². The minimum atomic E-state index is -0.221. The van der Waals surface area contributed by atoms with E-state index >= 15 is 0 Å². The maximum absolute atomic E-state index is 13.6. The van der Waals surface area contributed by atoms with Gasteiger partial charge in [0, 0.05) is 21.1 Å². The molecule has 0 aliphatic heterocycles. The molecule has 0 amide bonds. The SMILES string of the molecule is Fc1cccc2cc(-c3ccccc3Br)[nH]c12. The van der Waals surface area contributed by atoms with Gasteiger partial charge in [-0.25, -0.2) is 4.39 Å². The standard InChI is InChI=1S/C14H9BrFN/c15-11-6-2-1-5-10(11)13-8-9-4-3-7-12(16)14(9)17-13/h1-8,17H. The molecule has 0 fully saturated rings. The fourth-order valence-electron chi connectivity index (χ4n) is 1.94. The summed E-state index contributed by atoms with van der Waals surface area (Å²) in [4.78, 5) is 3.12. The van der Waals surface area contributed by atoms with Crippen LogP contribution in [0.15, 0.2) is 53.0 Å². The number of benzene rings is 2. The molecular weight excluding hydrogens is 281 g/mol. The molecular formula is C14H9BrFN. The van der Waals surface area contributed by atoms with Crippen LogP contribution in [0.2, 0.25) is 0 Å². The summed E-state index contributed by atoms with van der Waals surface area (Å²) in [5, 5.41) is 0.885. The highest BCUT2D eigenvalue weighted by Gasteiger charge is 2.08. The van der Waals surface area contributed by atoms with Gasteiger partial charge in [-0.1, -0.05) is 46.3 Å². The summed E-state index contributed by atoms with van der Waals surface area (Å²) in [6.45, 7) is 0. The number of H-pyrrole nitrogens is 1. The summed E-state index contributed by atoms with van der Waals surface area (Å²) in [5.41, 5.74) is 2.50. The Morgan fingerprint density at radius 1 is 1.00 bits per heavy atom. The zero-order valence-electron chi connectivity index (χ0n) is 8.87. The first kappa shape index (κ1) is 10.5. The van der Waals surface area contributed by atoms with Gasteiger partial charge in [-0.2, -0.15) is 0 Å². The Balaban J connectivity index is 2.26. The predicted molar refractivity (Wildman–Crippen MR) is 71.4 cm³/mol. The van der Waals surface area contributed by atoms with E-state index in [0.717, 1.165) is 21.1 Å². The second kappa shape index (κ2) is 4.00. The van der Waals surface area contributed by atoms with Crippen LogP contribution in [0.5, 0.6) is 0 Å². The Hall–Kier alpha value is -1.61. The van der Waals surface area contributed by atoms with Crippen molar-refractivity contribution in [2.24, 2.45) is 0 Å². The number of rotatable bonds is 1. The molecule has 0 spiro atoms. The molecule has 0 radical (unpaired) electrons. The average Bonchev–Trinajstić information content (AvgIpc) is 2.75. The Morgan fingerprint density at radius 2 is 1.82 bits per heavy atom. The topological polar surface area (TPSA) is 15.8 Å². The van der Waals surface area contributed by atoms with Crippen LogP contribution in [0.1, 0.15) is 0 Å². The van der Waals surface area contributed by atoms with Crippen molar-refractivity contribution in [3.05, 3.63) is 58.8 Å². The number of para-hydroxylation sites is 1. The van der Waals surface area contributed by atoms with Gasteiger partial charge in [-0.05, 0) is 18.2 Å². The highest BCUT2D eigenvalue weighted by Crippen LogP contribution is 2.30. The van der Waals surface area contributed by atoms with E-state index in [1.54, 1.807) is 6.07 Å². The van der Waals surface area contributed by atoms with Crippen LogP contribution >= 0.6 is 15.9 Å². The van der Waals surface area contributed by atoms with Crippen LogP contribution in [0, 0.1) is 5.82 Å². The molecule has 1 N–H and O–H groups in total. The summed E-state index contributed by atoms with van der Waals surface area (Å²) in [6, 6.07) is 14.9. The molecule has 0 aliphatic carbocycles. The molecule has 0 bridgehead atoms. The molecule has 1 nitrogen and oxygen atoms in total. The third-order valence-electron chi connectivity index (χ3n) is 2.77. The Morgan fingerprint density at radius 3 is 2.59 bits per heavy atom. The van der Waals surface area contributed by atoms with Gasteiger partial charge >= 0.3 is 0 Å². The molecule has 0 saturated heterocycles. The number of hydrogen-bond acceptors (Lipinski definition) is 0. The number of aromatic nitrogens is 1. The van der Waals surface area contributed by atoms with Crippen molar-refractivity contribution in [3.63, 3.8) is 0 Å². The van der Waals surface area contributed by atoms with Gasteiger partial charge in [-0.15, -0.1) is 0 Å². The molecule has 3 heteroatoms. The van der Waals surface area contributed by atoms with E-state index in [1.807, 2.05) is 36.4 Å². The zero-order valence-corrected chi connectivity index (χ0v) is 10.5. The van der Waals surface area contributed by atoms with Crippen molar-refractivity contribution in [3.8, 4) is 11.3 Å². The van der Waals surface area contributed by atoms with Crippen molar-refractivity contribution in [1.82, 2.24) is 4.98 Å². The van der Waals surface area contributed by atoms with Crippen molar-refractivity contribution in [2.45, 2.75) is 0 Å². The first-order valence-electron chi connectivity index (χ1n) is 5.28. The smallest absolute Gasteiger partial charge is 0.147 e. The Labute approximate surface area is 106 Å². The fraction of sp³-hybridized carbons (Fsp3) is 0. The van der Waals surface area contributed by atoms with Crippen LogP contribution in [-0.4, -0.2) is 4.98 Å². The average molecular weight is 290 g/mol. The monoisotopic (exact) mass is 289 g/mol. The normalized spacial score (nSPS) is 10.9. The number of halogens is 2. The van der Waals surface area contributed by atoms with E-state index < -0.39 is 0 Å². The molecule has 2 aromatic carbocycles. The molecule has 0 aliphatic rings. The van der Waals surface area contributed by atoms with E-state index in [-0.39, 0.29) is 5.82 Å². The van der Waals surface area contributed by atoms with Gasteiger partial charge in [0.25, 0.3) is 0 Å². The molecule has 84 valence electrons. The molecule has 0 saturated carbocycles. The quantitative estimate of drug-likeness (QED) is 0.666. The first-order chi connectivity index (χ1) is 8.25. The Kier molecular flexibility index (Phi) is 2.48. The van der Waals surface area contributed by atoms with Gasteiger partial charge in [0.2, 0.25) is 0 Å². The summed E-state index contributed by atoms with van der Waals surface area (Å²) < 4.78 is 14.6. The van der Waals surface area contributed by atoms with E-state index in [2.05, 4.69) is 20.9 Å². The molecule has 0 atom stereocenters. The lowest BCUT2D eigenvalue weighted by atomic mass is 10.1. The van der Waals surface area contributed by atoms with Gasteiger partial charge < -0.3 is 4.98 Å². The highest BCUT2D eigenvalue weighted by atomic mass is 79.9. The molecule has 3 rings (SSSR count). The van der Waals surface area contributed by atoms with E-state index in [1.165, 1.54) is 6.07 Å². The predicted octanol–water partition coefficient (Wildman–Crippen LogP) is 4.74. The minimum Gasteiger partial charge on any atom is -0.352 e. The second-order valence-corrected chi connectivity index (χ2v) is 4.72. The lowest BCUT2D eigenvalue weighted by Crippen LogP contribution is -1.79. The van der Waals surface area contributed by atoms with Gasteiger partial charge in [0.15, 0.2) is 0 Å². The summed E-state index contributed by atoms with van der Waals surface area (Å²) >= 11 is 3.50. The van der Waals surface area contributed by atoms with Crippen molar-refractivity contribution < 1.29 is 4.39 Å². The molecule has 0 unspecified atom stereocenters. The van der Waals surface area contributed by atoms with Crippen LogP contribution in [0.4, 0.5) is 4.39 Å². The lowest BCUT2D eigenvalue weighted by Gasteiger charge is -2.00. The summed E-state index contributed by atoms with van der Waals surface area (Å²) in [5.74, 6) is -0.221. The lowest BCUT2D eigenvalue weighted by molar-refractivity contribution is 0.637. The fourth-order valence-corrected chi connectivity index (χ4v) is 2.44. The number of nitrogens with one attached hydrogen (secondary N) is 1. The maximum atomic E-state index is 13.6. The third-order valence-corrected chi connectivity index (χ3v) is 3.46. The van der Waals surface area contributed by atoms with Crippen LogP contribution < -0.4 is 0 Å². The van der Waals surface area contributed by atoms with E-state index in [0.29, 0.717) is 5.52 Å². The van der Waals surface area contributed by atoms with Crippen molar-refractivity contribution in [1.29, 1.82) is 0 Å². The molecule has 1 aromatic heterocycles. The largest absolute Gasteiger partial charge is 0.352 e. The van der Waals surface area contributed by atoms with Crippen molar-refractivity contribution in [2.75, 3.05) is 0 Å².